The molecule has 0 saturated carbocycles. The van der Waals surface area contributed by atoms with Gasteiger partial charge in [-0.15, -0.1) is 0 Å². The normalized spacial score (nSPS) is 27.3. The molecule has 2 unspecified atom stereocenters. The van der Waals surface area contributed by atoms with Crippen LogP contribution in [0.1, 0.15) is 33.6 Å². The second-order valence-corrected chi connectivity index (χ2v) is 7.16. The van der Waals surface area contributed by atoms with Crippen molar-refractivity contribution in [3.63, 3.8) is 0 Å². The van der Waals surface area contributed by atoms with Gasteiger partial charge in [0, 0.05) is 12.6 Å². The lowest BCUT2D eigenvalue weighted by Crippen LogP contribution is -2.47. The number of piperidine rings is 1. The SMILES string of the molecule is CC(C)CS(=O)(=O)N1CCC(C(=O)O)CC1C. The van der Waals surface area contributed by atoms with Gasteiger partial charge in [-0.1, -0.05) is 13.8 Å². The number of carboxylic acids is 1. The fourth-order valence-electron chi connectivity index (χ4n) is 2.31. The van der Waals surface area contributed by atoms with E-state index in [0.717, 1.165) is 0 Å². The van der Waals surface area contributed by atoms with Crippen molar-refractivity contribution in [2.24, 2.45) is 11.8 Å². The molecule has 0 aromatic carbocycles. The van der Waals surface area contributed by atoms with Crippen LogP contribution in [0.5, 0.6) is 0 Å². The molecule has 0 amide bonds. The molecule has 0 aromatic heterocycles. The first-order valence-corrected chi connectivity index (χ1v) is 7.57. The second kappa shape index (κ2) is 5.35. The van der Waals surface area contributed by atoms with Crippen molar-refractivity contribution < 1.29 is 18.3 Å². The van der Waals surface area contributed by atoms with Gasteiger partial charge in [-0.25, -0.2) is 8.42 Å². The summed E-state index contributed by atoms with van der Waals surface area (Å²) < 4.78 is 25.6. The van der Waals surface area contributed by atoms with Crippen LogP contribution in [0.15, 0.2) is 0 Å². The van der Waals surface area contributed by atoms with Crippen LogP contribution >= 0.6 is 0 Å². The van der Waals surface area contributed by atoms with Crippen LogP contribution in [0.4, 0.5) is 0 Å². The molecular formula is C11H21NO4S. The number of aliphatic carboxylic acids is 1. The van der Waals surface area contributed by atoms with Gasteiger partial charge in [-0.2, -0.15) is 4.31 Å². The highest BCUT2D eigenvalue weighted by Crippen LogP contribution is 2.26. The van der Waals surface area contributed by atoms with Gasteiger partial charge in [0.25, 0.3) is 0 Å². The Kier molecular flexibility index (Phi) is 4.55. The smallest absolute Gasteiger partial charge is 0.306 e. The number of sulfonamides is 1. The molecule has 1 aliphatic heterocycles. The predicted molar refractivity (Wildman–Crippen MR) is 65.2 cm³/mol. The number of hydrogen-bond acceptors (Lipinski definition) is 3. The molecule has 1 heterocycles. The molecule has 1 N–H and O–H groups in total. The minimum Gasteiger partial charge on any atom is -0.481 e. The maximum absolute atomic E-state index is 12.1. The third-order valence-electron chi connectivity index (χ3n) is 3.07. The van der Waals surface area contributed by atoms with Crippen molar-refractivity contribution in [3.8, 4) is 0 Å². The van der Waals surface area contributed by atoms with Crippen LogP contribution in [-0.4, -0.2) is 42.1 Å². The minimum atomic E-state index is -3.24. The fourth-order valence-corrected chi connectivity index (χ4v) is 4.36. The first kappa shape index (κ1) is 14.4. The zero-order chi connectivity index (χ0) is 13.2. The third kappa shape index (κ3) is 3.67. The summed E-state index contributed by atoms with van der Waals surface area (Å²) in [6.45, 7) is 5.85. The number of carbonyl (C=O) groups is 1. The second-order valence-electron chi connectivity index (χ2n) is 5.19. The first-order valence-electron chi connectivity index (χ1n) is 5.96. The summed E-state index contributed by atoms with van der Waals surface area (Å²) in [5.41, 5.74) is 0. The van der Waals surface area contributed by atoms with E-state index in [9.17, 15) is 13.2 Å². The predicted octanol–water partition coefficient (Wildman–Crippen LogP) is 1.16. The molecule has 0 aliphatic carbocycles. The summed E-state index contributed by atoms with van der Waals surface area (Å²) in [5.74, 6) is -1.01. The molecule has 1 saturated heterocycles. The quantitative estimate of drug-likeness (QED) is 0.826. The third-order valence-corrected chi connectivity index (χ3v) is 5.41. The Labute approximate surface area is 103 Å². The number of rotatable bonds is 4. The highest BCUT2D eigenvalue weighted by Gasteiger charge is 2.35. The molecule has 0 bridgehead atoms. The van der Waals surface area contributed by atoms with Gasteiger partial charge in [0.05, 0.1) is 11.7 Å². The average Bonchev–Trinajstić information content (AvgIpc) is 2.14. The molecule has 17 heavy (non-hydrogen) atoms. The van der Waals surface area contributed by atoms with E-state index in [1.54, 1.807) is 6.92 Å². The Morgan fingerprint density at radius 1 is 1.47 bits per heavy atom. The van der Waals surface area contributed by atoms with Crippen molar-refractivity contribution in [1.29, 1.82) is 0 Å². The van der Waals surface area contributed by atoms with Gasteiger partial charge >= 0.3 is 5.97 Å². The molecule has 1 aliphatic rings. The van der Waals surface area contributed by atoms with Gasteiger partial charge in [-0.3, -0.25) is 4.79 Å². The first-order chi connectivity index (χ1) is 7.74. The molecular weight excluding hydrogens is 242 g/mol. The van der Waals surface area contributed by atoms with Crippen LogP contribution in [0.3, 0.4) is 0 Å². The van der Waals surface area contributed by atoms with Crippen molar-refractivity contribution in [1.82, 2.24) is 4.31 Å². The van der Waals surface area contributed by atoms with E-state index in [0.29, 0.717) is 19.4 Å². The van der Waals surface area contributed by atoms with Crippen LogP contribution in [-0.2, 0) is 14.8 Å². The Hall–Kier alpha value is -0.620. The zero-order valence-corrected chi connectivity index (χ0v) is 11.4. The number of nitrogens with zero attached hydrogens (tertiary/aromatic N) is 1. The Balaban J connectivity index is 2.73. The summed E-state index contributed by atoms with van der Waals surface area (Å²) in [6.07, 6.45) is 0.823. The minimum absolute atomic E-state index is 0.0874. The lowest BCUT2D eigenvalue weighted by atomic mass is 9.93. The topological polar surface area (TPSA) is 74.7 Å². The van der Waals surface area contributed by atoms with E-state index < -0.39 is 21.9 Å². The van der Waals surface area contributed by atoms with Crippen molar-refractivity contribution in [2.45, 2.75) is 39.7 Å². The molecule has 0 radical (unpaired) electrons. The summed E-state index contributed by atoms with van der Waals surface area (Å²) in [7, 11) is -3.24. The Morgan fingerprint density at radius 2 is 2.06 bits per heavy atom. The van der Waals surface area contributed by atoms with E-state index in [2.05, 4.69) is 0 Å². The van der Waals surface area contributed by atoms with E-state index >= 15 is 0 Å². The van der Waals surface area contributed by atoms with Gasteiger partial charge in [0.15, 0.2) is 0 Å². The molecule has 2 atom stereocenters. The van der Waals surface area contributed by atoms with Crippen molar-refractivity contribution in [3.05, 3.63) is 0 Å². The van der Waals surface area contributed by atoms with Crippen LogP contribution in [0.25, 0.3) is 0 Å². The molecule has 1 fully saturated rings. The number of hydrogen-bond donors (Lipinski definition) is 1. The van der Waals surface area contributed by atoms with E-state index in [1.807, 2.05) is 13.8 Å². The van der Waals surface area contributed by atoms with Gasteiger partial charge < -0.3 is 5.11 Å². The summed E-state index contributed by atoms with van der Waals surface area (Å²) in [5, 5.41) is 8.92. The summed E-state index contributed by atoms with van der Waals surface area (Å²) in [4.78, 5) is 10.9. The standard InChI is InChI=1S/C11H21NO4S/c1-8(2)7-17(15,16)12-5-4-10(11(13)14)6-9(12)3/h8-10H,4-7H2,1-3H3,(H,13,14). The maximum Gasteiger partial charge on any atom is 0.306 e. The lowest BCUT2D eigenvalue weighted by Gasteiger charge is -2.35. The van der Waals surface area contributed by atoms with Crippen LogP contribution < -0.4 is 0 Å². The van der Waals surface area contributed by atoms with Gasteiger partial charge in [0.1, 0.15) is 0 Å². The molecule has 6 heteroatoms. The lowest BCUT2D eigenvalue weighted by molar-refractivity contribution is -0.143. The summed E-state index contributed by atoms with van der Waals surface area (Å²) >= 11 is 0. The highest BCUT2D eigenvalue weighted by atomic mass is 32.2. The average molecular weight is 263 g/mol. The molecule has 1 rings (SSSR count). The Bertz CT molecular complexity index is 377. The van der Waals surface area contributed by atoms with Gasteiger partial charge in [-0.05, 0) is 25.7 Å². The zero-order valence-electron chi connectivity index (χ0n) is 10.6. The van der Waals surface area contributed by atoms with E-state index in [1.165, 1.54) is 4.31 Å². The van der Waals surface area contributed by atoms with Crippen molar-refractivity contribution >= 4 is 16.0 Å². The molecule has 100 valence electrons. The molecule has 0 aromatic rings. The van der Waals surface area contributed by atoms with Crippen molar-refractivity contribution in [2.75, 3.05) is 12.3 Å². The highest BCUT2D eigenvalue weighted by molar-refractivity contribution is 7.89. The Morgan fingerprint density at radius 3 is 2.47 bits per heavy atom. The van der Waals surface area contributed by atoms with Crippen LogP contribution in [0, 0.1) is 11.8 Å². The number of carboxylic acid groups (broad SMARTS) is 1. The van der Waals surface area contributed by atoms with Gasteiger partial charge in [0.2, 0.25) is 10.0 Å². The van der Waals surface area contributed by atoms with Crippen LogP contribution in [0.2, 0.25) is 0 Å². The molecule has 5 nitrogen and oxygen atoms in total. The largest absolute Gasteiger partial charge is 0.481 e. The monoisotopic (exact) mass is 263 g/mol. The maximum atomic E-state index is 12.1. The summed E-state index contributed by atoms with van der Waals surface area (Å²) in [6, 6.07) is -0.214. The van der Waals surface area contributed by atoms with E-state index in [4.69, 9.17) is 5.11 Å². The fraction of sp³-hybridized carbons (Fsp3) is 0.909. The molecule has 0 spiro atoms. The van der Waals surface area contributed by atoms with E-state index in [-0.39, 0.29) is 17.7 Å².